The zero-order chi connectivity index (χ0) is 18.3. The Bertz CT molecular complexity index is 1110. The molecule has 1 fully saturated rings. The molecule has 1 saturated heterocycles. The molecule has 7 heteroatoms. The molecule has 1 aliphatic heterocycles. The first kappa shape index (κ1) is 16.1. The Hall–Kier alpha value is -3.35. The van der Waals surface area contributed by atoms with Gasteiger partial charge in [0.25, 0.3) is 5.91 Å². The lowest BCUT2D eigenvalue weighted by atomic mass is 10.1. The summed E-state index contributed by atoms with van der Waals surface area (Å²) in [5.41, 5.74) is -0.703. The first-order valence-corrected chi connectivity index (χ1v) is 8.10. The van der Waals surface area contributed by atoms with Crippen molar-refractivity contribution in [1.82, 2.24) is 4.90 Å². The summed E-state index contributed by atoms with van der Waals surface area (Å²) in [7, 11) is 0. The number of likely N-dealkylation sites (tertiary alicyclic amines) is 1. The van der Waals surface area contributed by atoms with E-state index in [4.69, 9.17) is 13.6 Å². The second kappa shape index (κ2) is 6.18. The fourth-order valence-electron chi connectivity index (χ4n) is 2.90. The summed E-state index contributed by atoms with van der Waals surface area (Å²) in [5.74, 6) is 0.461. The highest BCUT2D eigenvalue weighted by Crippen LogP contribution is 2.20. The molecule has 132 valence electrons. The number of nitrogens with zero attached hydrogens (tertiary/aromatic N) is 1. The molecule has 1 aliphatic rings. The van der Waals surface area contributed by atoms with Crippen LogP contribution in [-0.2, 0) is 0 Å². The molecule has 0 unspecified atom stereocenters. The lowest BCUT2D eigenvalue weighted by Crippen LogP contribution is -2.56. The van der Waals surface area contributed by atoms with Gasteiger partial charge in [-0.3, -0.25) is 4.79 Å². The van der Waals surface area contributed by atoms with Crippen LogP contribution in [0.4, 0.5) is 0 Å². The molecule has 0 spiro atoms. The van der Waals surface area contributed by atoms with Gasteiger partial charge < -0.3 is 18.5 Å². The molecule has 0 aliphatic carbocycles. The Morgan fingerprint density at radius 2 is 1.88 bits per heavy atom. The van der Waals surface area contributed by atoms with Crippen molar-refractivity contribution < 1.29 is 18.4 Å². The molecule has 26 heavy (non-hydrogen) atoms. The number of carbonyl (C=O) groups excluding carboxylic acids is 1. The van der Waals surface area contributed by atoms with Crippen molar-refractivity contribution in [2.45, 2.75) is 13.0 Å². The predicted molar refractivity (Wildman–Crippen MR) is 92.5 cm³/mol. The van der Waals surface area contributed by atoms with Crippen molar-refractivity contribution in [2.75, 3.05) is 13.1 Å². The molecule has 3 heterocycles. The van der Waals surface area contributed by atoms with E-state index in [1.165, 1.54) is 11.0 Å². The van der Waals surface area contributed by atoms with E-state index in [1.54, 1.807) is 37.3 Å². The molecule has 0 atom stereocenters. The summed E-state index contributed by atoms with van der Waals surface area (Å²) in [5, 5.41) is 0.690. The van der Waals surface area contributed by atoms with E-state index in [0.717, 1.165) is 0 Å². The van der Waals surface area contributed by atoms with Crippen molar-refractivity contribution in [3.05, 3.63) is 74.6 Å². The van der Waals surface area contributed by atoms with Gasteiger partial charge in [-0.05, 0) is 19.1 Å². The molecular weight excluding hydrogens is 338 g/mol. The molecule has 3 aromatic rings. The van der Waals surface area contributed by atoms with Crippen LogP contribution in [-0.4, -0.2) is 30.0 Å². The van der Waals surface area contributed by atoms with Gasteiger partial charge in [0.2, 0.25) is 0 Å². The minimum absolute atomic E-state index is 0.00153. The fourth-order valence-corrected chi connectivity index (χ4v) is 2.90. The summed E-state index contributed by atoms with van der Waals surface area (Å²) >= 11 is 0. The predicted octanol–water partition coefficient (Wildman–Crippen LogP) is 1.96. The molecule has 4 rings (SSSR count). The van der Waals surface area contributed by atoms with E-state index in [0.29, 0.717) is 35.6 Å². The Labute approximate surface area is 147 Å². The van der Waals surface area contributed by atoms with Crippen LogP contribution in [0.25, 0.3) is 11.0 Å². The Kier molecular flexibility index (Phi) is 3.84. The van der Waals surface area contributed by atoms with Crippen molar-refractivity contribution >= 4 is 16.9 Å². The number of fused-ring (bicyclic) bond motifs is 1. The molecule has 7 nitrogen and oxygen atoms in total. The van der Waals surface area contributed by atoms with E-state index in [-0.39, 0.29) is 11.7 Å². The molecule has 0 bridgehead atoms. The summed E-state index contributed by atoms with van der Waals surface area (Å²) in [6.45, 7) is 2.30. The van der Waals surface area contributed by atoms with Gasteiger partial charge in [-0.15, -0.1) is 0 Å². The minimum Gasteiger partial charge on any atom is -0.486 e. The Balaban J connectivity index is 1.47. The van der Waals surface area contributed by atoms with Gasteiger partial charge in [0.1, 0.15) is 28.8 Å². The third-order valence-corrected chi connectivity index (χ3v) is 4.18. The second-order valence-corrected chi connectivity index (χ2v) is 6.16. The standard InChI is InChI=1S/C19H15NO6/c1-11-6-13(8-17(21)24-11)25-14-9-20(10-14)18(22)15-7-12-4-2-3-5-16(12)26-19(15)23/h2-8,14H,9-10H2,1H3. The second-order valence-electron chi connectivity index (χ2n) is 6.16. The average Bonchev–Trinajstić information content (AvgIpc) is 2.55. The Morgan fingerprint density at radius 3 is 2.65 bits per heavy atom. The maximum atomic E-state index is 12.5. The minimum atomic E-state index is -0.658. The monoisotopic (exact) mass is 353 g/mol. The van der Waals surface area contributed by atoms with Crippen molar-refractivity contribution in [1.29, 1.82) is 0 Å². The van der Waals surface area contributed by atoms with Crippen LogP contribution in [0.1, 0.15) is 16.1 Å². The lowest BCUT2D eigenvalue weighted by Gasteiger charge is -2.38. The van der Waals surface area contributed by atoms with Crippen LogP contribution >= 0.6 is 0 Å². The number of amides is 1. The van der Waals surface area contributed by atoms with Crippen LogP contribution in [0.5, 0.6) is 5.75 Å². The number of hydrogen-bond donors (Lipinski definition) is 0. The topological polar surface area (TPSA) is 90.0 Å². The van der Waals surface area contributed by atoms with E-state index >= 15 is 0 Å². The number of hydrogen-bond acceptors (Lipinski definition) is 6. The van der Waals surface area contributed by atoms with Crippen LogP contribution in [0.15, 0.2) is 60.9 Å². The van der Waals surface area contributed by atoms with Gasteiger partial charge in [-0.2, -0.15) is 0 Å². The number of rotatable bonds is 3. The van der Waals surface area contributed by atoms with Gasteiger partial charge >= 0.3 is 11.3 Å². The summed E-state index contributed by atoms with van der Waals surface area (Å²) < 4.78 is 15.7. The first-order chi connectivity index (χ1) is 12.5. The van der Waals surface area contributed by atoms with Crippen LogP contribution in [0, 0.1) is 6.92 Å². The molecule has 0 radical (unpaired) electrons. The number of aryl methyl sites for hydroxylation is 1. The third kappa shape index (κ3) is 2.99. The number of para-hydroxylation sites is 1. The van der Waals surface area contributed by atoms with Crippen molar-refractivity contribution in [3.63, 3.8) is 0 Å². The quantitative estimate of drug-likeness (QED) is 0.669. The fraction of sp³-hybridized carbons (Fsp3) is 0.211. The normalized spacial score (nSPS) is 14.3. The summed E-state index contributed by atoms with van der Waals surface area (Å²) in [4.78, 5) is 37.5. The zero-order valence-electron chi connectivity index (χ0n) is 13.9. The van der Waals surface area contributed by atoms with Gasteiger partial charge in [-0.25, -0.2) is 9.59 Å². The Morgan fingerprint density at radius 1 is 1.12 bits per heavy atom. The van der Waals surface area contributed by atoms with Gasteiger partial charge in [0, 0.05) is 11.5 Å². The van der Waals surface area contributed by atoms with Gasteiger partial charge in [-0.1, -0.05) is 18.2 Å². The number of benzene rings is 1. The van der Waals surface area contributed by atoms with E-state index in [1.807, 2.05) is 6.07 Å². The molecule has 1 amide bonds. The number of ether oxygens (including phenoxy) is 1. The zero-order valence-corrected chi connectivity index (χ0v) is 13.9. The first-order valence-electron chi connectivity index (χ1n) is 8.10. The van der Waals surface area contributed by atoms with Crippen molar-refractivity contribution in [2.24, 2.45) is 0 Å². The average molecular weight is 353 g/mol. The number of carbonyl (C=O) groups is 1. The smallest absolute Gasteiger partial charge is 0.349 e. The van der Waals surface area contributed by atoms with Crippen LogP contribution in [0.3, 0.4) is 0 Å². The lowest BCUT2D eigenvalue weighted by molar-refractivity contribution is 0.0172. The van der Waals surface area contributed by atoms with E-state index < -0.39 is 17.2 Å². The van der Waals surface area contributed by atoms with Gasteiger partial charge in [0.15, 0.2) is 0 Å². The molecule has 0 N–H and O–H groups in total. The van der Waals surface area contributed by atoms with Crippen LogP contribution < -0.4 is 16.0 Å². The van der Waals surface area contributed by atoms with Crippen molar-refractivity contribution in [3.8, 4) is 5.75 Å². The maximum absolute atomic E-state index is 12.5. The molecule has 2 aromatic heterocycles. The maximum Gasteiger partial charge on any atom is 0.349 e. The summed E-state index contributed by atoms with van der Waals surface area (Å²) in [6, 6.07) is 11.4. The van der Waals surface area contributed by atoms with E-state index in [2.05, 4.69) is 0 Å². The highest BCUT2D eigenvalue weighted by atomic mass is 16.5. The largest absolute Gasteiger partial charge is 0.486 e. The highest BCUT2D eigenvalue weighted by molar-refractivity contribution is 5.97. The third-order valence-electron chi connectivity index (χ3n) is 4.18. The molecule has 0 saturated carbocycles. The van der Waals surface area contributed by atoms with Gasteiger partial charge in [0.05, 0.1) is 19.2 Å². The van der Waals surface area contributed by atoms with Crippen LogP contribution in [0.2, 0.25) is 0 Å². The van der Waals surface area contributed by atoms with E-state index in [9.17, 15) is 14.4 Å². The summed E-state index contributed by atoms with van der Waals surface area (Å²) in [6.07, 6.45) is -0.243. The molecule has 1 aromatic carbocycles. The molecular formula is C19H15NO6. The highest BCUT2D eigenvalue weighted by Gasteiger charge is 2.34. The SMILES string of the molecule is Cc1cc(OC2CN(C(=O)c3cc4ccccc4oc3=O)C2)cc(=O)o1.